The fourth-order valence-corrected chi connectivity index (χ4v) is 5.81. The van der Waals surface area contributed by atoms with Gasteiger partial charge in [0.2, 0.25) is 5.91 Å². The summed E-state index contributed by atoms with van der Waals surface area (Å²) in [6, 6.07) is 10.5. The summed E-state index contributed by atoms with van der Waals surface area (Å²) in [5.74, 6) is -1.19. The van der Waals surface area contributed by atoms with Crippen molar-refractivity contribution in [3.8, 4) is 11.4 Å². The molecule has 47 heavy (non-hydrogen) atoms. The lowest BCUT2D eigenvalue weighted by Gasteiger charge is -2.36. The molecule has 3 heterocycles. The molecule has 1 aromatic heterocycles. The Labute approximate surface area is 277 Å². The largest absolute Gasteiger partial charge is 0.481 e. The number of piperidine rings is 1. The number of rotatable bonds is 14. The highest BCUT2D eigenvalue weighted by Crippen LogP contribution is 2.22. The first kappa shape index (κ1) is 35.6. The Bertz CT molecular complexity index is 1340. The van der Waals surface area contributed by atoms with Gasteiger partial charge in [0.05, 0.1) is 6.61 Å². The van der Waals surface area contributed by atoms with Crippen LogP contribution < -0.4 is 10.6 Å². The van der Waals surface area contributed by atoms with Crippen LogP contribution in [0.4, 0.5) is 10.6 Å². The molecule has 13 nitrogen and oxygen atoms in total. The first-order valence-electron chi connectivity index (χ1n) is 16.8. The molecule has 0 saturated carbocycles. The van der Waals surface area contributed by atoms with Crippen molar-refractivity contribution in [3.63, 3.8) is 0 Å². The molecule has 4 rings (SSSR count). The van der Waals surface area contributed by atoms with Gasteiger partial charge < -0.3 is 35.2 Å². The van der Waals surface area contributed by atoms with Gasteiger partial charge in [0.1, 0.15) is 17.6 Å². The fourth-order valence-electron chi connectivity index (χ4n) is 5.81. The van der Waals surface area contributed by atoms with Gasteiger partial charge in [0.25, 0.3) is 5.91 Å². The van der Waals surface area contributed by atoms with E-state index in [9.17, 15) is 24.3 Å². The molecular formula is C34H49N7O6. The molecule has 1 aromatic carbocycles. The van der Waals surface area contributed by atoms with Crippen LogP contribution in [0.25, 0.3) is 11.4 Å². The highest BCUT2D eigenvalue weighted by molar-refractivity contribution is 5.97. The molecular weight excluding hydrogens is 602 g/mol. The van der Waals surface area contributed by atoms with Gasteiger partial charge in [0, 0.05) is 69.4 Å². The van der Waals surface area contributed by atoms with Crippen molar-refractivity contribution >= 4 is 29.7 Å². The Morgan fingerprint density at radius 3 is 2.28 bits per heavy atom. The molecule has 13 heteroatoms. The highest BCUT2D eigenvalue weighted by Gasteiger charge is 2.31. The third-order valence-corrected chi connectivity index (χ3v) is 8.68. The number of aliphatic carboxylic acids is 1. The summed E-state index contributed by atoms with van der Waals surface area (Å²) in [4.78, 5) is 66.0. The maximum atomic E-state index is 13.7. The Kier molecular flexibility index (Phi) is 13.3. The van der Waals surface area contributed by atoms with Crippen LogP contribution in [0.15, 0.2) is 36.4 Å². The third kappa shape index (κ3) is 10.6. The maximum absolute atomic E-state index is 13.7. The molecule has 0 bridgehead atoms. The molecule has 2 aliphatic heterocycles. The smallest absolute Gasteiger partial charge is 0.409 e. The quantitative estimate of drug-likeness (QED) is 0.256. The van der Waals surface area contributed by atoms with Crippen molar-refractivity contribution in [1.29, 1.82) is 0 Å². The standard InChI is InChI=1S/C34H49N7O6/c1-4-5-9-22-47-34(46)41-20-18-40(19-21-41)33(45)27(12-13-30(42)43)37-32(44)28-23-29(35-26-14-16-39(17-15-26)24(2)3)38-31(36-28)25-10-7-6-8-11-25/h6-8,10-11,23-24,26-27H,4-5,9,12-22H2,1-3H3,(H,37,44)(H,42,43)(H,35,36,38)/t27-/m0/s1. The summed E-state index contributed by atoms with van der Waals surface area (Å²) in [5, 5.41) is 15.6. The van der Waals surface area contributed by atoms with Crippen molar-refractivity contribution in [2.75, 3.05) is 51.2 Å². The summed E-state index contributed by atoms with van der Waals surface area (Å²) in [5.41, 5.74) is 0.810. The summed E-state index contributed by atoms with van der Waals surface area (Å²) in [6.07, 6.45) is 3.88. The zero-order valence-corrected chi connectivity index (χ0v) is 27.8. The lowest BCUT2D eigenvalue weighted by atomic mass is 10.0. The Hall–Kier alpha value is -4.26. The van der Waals surface area contributed by atoms with Crippen LogP contribution in [-0.4, -0.2) is 118 Å². The Morgan fingerprint density at radius 1 is 0.957 bits per heavy atom. The minimum Gasteiger partial charge on any atom is -0.481 e. The minimum atomic E-state index is -1.09. The van der Waals surface area contributed by atoms with E-state index in [1.807, 2.05) is 30.3 Å². The molecule has 3 N–H and O–H groups in total. The van der Waals surface area contributed by atoms with Crippen molar-refractivity contribution < 1.29 is 29.0 Å². The van der Waals surface area contributed by atoms with Crippen LogP contribution in [0.5, 0.6) is 0 Å². The lowest BCUT2D eigenvalue weighted by molar-refractivity contribution is -0.138. The molecule has 3 amide bonds. The summed E-state index contributed by atoms with van der Waals surface area (Å²) in [6.45, 7) is 9.81. The summed E-state index contributed by atoms with van der Waals surface area (Å²) in [7, 11) is 0. The number of carbonyl (C=O) groups is 4. The van der Waals surface area contributed by atoms with Crippen LogP contribution in [0, 0.1) is 0 Å². The highest BCUT2D eigenvalue weighted by atomic mass is 16.6. The number of benzene rings is 1. The van der Waals surface area contributed by atoms with E-state index in [-0.39, 0.29) is 50.8 Å². The average molecular weight is 652 g/mol. The Morgan fingerprint density at radius 2 is 1.64 bits per heavy atom. The number of nitrogens with one attached hydrogen (secondary N) is 2. The first-order valence-corrected chi connectivity index (χ1v) is 16.8. The number of carboxylic acid groups (broad SMARTS) is 1. The number of aromatic nitrogens is 2. The van der Waals surface area contributed by atoms with Crippen LogP contribution >= 0.6 is 0 Å². The monoisotopic (exact) mass is 651 g/mol. The number of hydrogen-bond acceptors (Lipinski definition) is 9. The average Bonchev–Trinajstić information content (AvgIpc) is 3.08. The molecule has 0 unspecified atom stereocenters. The van der Waals surface area contributed by atoms with E-state index < -0.39 is 29.9 Å². The number of carboxylic acids is 1. The second kappa shape index (κ2) is 17.6. The zero-order valence-electron chi connectivity index (χ0n) is 27.8. The summed E-state index contributed by atoms with van der Waals surface area (Å²) >= 11 is 0. The fraction of sp³-hybridized carbons (Fsp3) is 0.588. The van der Waals surface area contributed by atoms with E-state index in [1.54, 1.807) is 15.9 Å². The number of carbonyl (C=O) groups excluding carboxylic acids is 3. The van der Waals surface area contributed by atoms with Gasteiger partial charge in [0.15, 0.2) is 5.82 Å². The molecule has 2 saturated heterocycles. The molecule has 1 atom stereocenters. The van der Waals surface area contributed by atoms with Crippen molar-refractivity contribution in [2.24, 2.45) is 0 Å². The number of amides is 3. The normalized spacial score (nSPS) is 16.5. The predicted molar refractivity (Wildman–Crippen MR) is 178 cm³/mol. The van der Waals surface area contributed by atoms with E-state index in [2.05, 4.69) is 41.3 Å². The van der Waals surface area contributed by atoms with Crippen molar-refractivity contribution in [3.05, 3.63) is 42.1 Å². The van der Waals surface area contributed by atoms with Gasteiger partial charge in [-0.25, -0.2) is 14.8 Å². The van der Waals surface area contributed by atoms with Gasteiger partial charge in [-0.1, -0.05) is 50.1 Å². The predicted octanol–water partition coefficient (Wildman–Crippen LogP) is 3.86. The molecule has 2 aliphatic rings. The van der Waals surface area contributed by atoms with Crippen molar-refractivity contribution in [1.82, 2.24) is 30.0 Å². The Balaban J connectivity index is 1.46. The van der Waals surface area contributed by atoms with E-state index >= 15 is 0 Å². The van der Waals surface area contributed by atoms with Crippen LogP contribution in [0.2, 0.25) is 0 Å². The number of anilines is 1. The molecule has 2 aromatic rings. The molecule has 0 radical (unpaired) electrons. The van der Waals surface area contributed by atoms with Crippen LogP contribution in [-0.2, 0) is 14.3 Å². The van der Waals surface area contributed by atoms with Crippen molar-refractivity contribution in [2.45, 2.75) is 83.8 Å². The SMILES string of the molecule is CCCCCOC(=O)N1CCN(C(=O)[C@H](CCC(=O)O)NC(=O)c2cc(NC3CCN(C(C)C)CC3)nc(-c3ccccc3)n2)CC1. The number of nitrogens with zero attached hydrogens (tertiary/aromatic N) is 5. The second-order valence-electron chi connectivity index (χ2n) is 12.5. The number of ether oxygens (including phenoxy) is 1. The number of hydrogen-bond donors (Lipinski definition) is 3. The molecule has 2 fully saturated rings. The van der Waals surface area contributed by atoms with E-state index in [0.717, 1.165) is 50.8 Å². The minimum absolute atomic E-state index is 0.0738. The van der Waals surface area contributed by atoms with Gasteiger partial charge in [-0.2, -0.15) is 0 Å². The first-order chi connectivity index (χ1) is 22.6. The van der Waals surface area contributed by atoms with Crippen LogP contribution in [0.3, 0.4) is 0 Å². The van der Waals surface area contributed by atoms with Gasteiger partial charge in [-0.05, 0) is 39.5 Å². The van der Waals surface area contributed by atoms with Gasteiger partial charge in [-0.15, -0.1) is 0 Å². The zero-order chi connectivity index (χ0) is 33.8. The summed E-state index contributed by atoms with van der Waals surface area (Å²) < 4.78 is 5.35. The number of unbranched alkanes of at least 4 members (excludes halogenated alkanes) is 2. The third-order valence-electron chi connectivity index (χ3n) is 8.68. The number of piperazine rings is 1. The van der Waals surface area contributed by atoms with E-state index in [1.165, 1.54) is 0 Å². The van der Waals surface area contributed by atoms with E-state index in [0.29, 0.717) is 24.3 Å². The van der Waals surface area contributed by atoms with E-state index in [4.69, 9.17) is 9.72 Å². The molecule has 0 aliphatic carbocycles. The molecule has 0 spiro atoms. The van der Waals surface area contributed by atoms with Gasteiger partial charge >= 0.3 is 12.1 Å². The molecule has 256 valence electrons. The topological polar surface area (TPSA) is 157 Å². The maximum Gasteiger partial charge on any atom is 0.409 e. The lowest BCUT2D eigenvalue weighted by Crippen LogP contribution is -2.56. The van der Waals surface area contributed by atoms with Crippen LogP contribution in [0.1, 0.15) is 76.2 Å². The number of likely N-dealkylation sites (tertiary alicyclic amines) is 1. The second-order valence-corrected chi connectivity index (χ2v) is 12.5. The van der Waals surface area contributed by atoms with Gasteiger partial charge in [-0.3, -0.25) is 14.4 Å².